The van der Waals surface area contributed by atoms with Crippen LogP contribution in [0.2, 0.25) is 0 Å². The van der Waals surface area contributed by atoms with E-state index in [1.807, 2.05) is 19.2 Å². The standard InChI is InChI=1S/C16H20N2OS2/c1-4-13-5-7-14(8-6-13)12(3)18-15(19)10-21-16-17-11(2)9-20-16/h5-9,12H,4,10H2,1-3H3,(H,18,19)/t12-/m0/s1. The average molecular weight is 320 g/mol. The number of aryl methyl sites for hydroxylation is 2. The molecular weight excluding hydrogens is 300 g/mol. The van der Waals surface area contributed by atoms with Crippen LogP contribution in [0.4, 0.5) is 0 Å². The highest BCUT2D eigenvalue weighted by Crippen LogP contribution is 2.22. The van der Waals surface area contributed by atoms with E-state index in [1.54, 1.807) is 11.3 Å². The van der Waals surface area contributed by atoms with Crippen molar-refractivity contribution in [2.45, 2.75) is 37.6 Å². The first-order chi connectivity index (χ1) is 10.1. The summed E-state index contributed by atoms with van der Waals surface area (Å²) in [6, 6.07) is 8.43. The molecule has 1 amide bonds. The van der Waals surface area contributed by atoms with Crippen molar-refractivity contribution >= 4 is 29.0 Å². The van der Waals surface area contributed by atoms with Crippen LogP contribution in [0.5, 0.6) is 0 Å². The Morgan fingerprint density at radius 3 is 2.67 bits per heavy atom. The summed E-state index contributed by atoms with van der Waals surface area (Å²) in [6.45, 7) is 6.11. The molecule has 0 unspecified atom stereocenters. The van der Waals surface area contributed by atoms with Gasteiger partial charge in [-0.05, 0) is 31.4 Å². The lowest BCUT2D eigenvalue weighted by Crippen LogP contribution is -2.28. The smallest absolute Gasteiger partial charge is 0.230 e. The molecule has 0 aliphatic rings. The lowest BCUT2D eigenvalue weighted by Gasteiger charge is -2.14. The van der Waals surface area contributed by atoms with Gasteiger partial charge in [-0.15, -0.1) is 11.3 Å². The minimum absolute atomic E-state index is 0.0297. The Morgan fingerprint density at radius 1 is 1.38 bits per heavy atom. The number of benzene rings is 1. The number of aromatic nitrogens is 1. The summed E-state index contributed by atoms with van der Waals surface area (Å²) in [5.74, 6) is 0.449. The second kappa shape index (κ2) is 7.61. The highest BCUT2D eigenvalue weighted by Gasteiger charge is 2.10. The second-order valence-electron chi connectivity index (χ2n) is 4.93. The van der Waals surface area contributed by atoms with E-state index >= 15 is 0 Å². The van der Waals surface area contributed by atoms with Gasteiger partial charge in [0.05, 0.1) is 11.8 Å². The Hall–Kier alpha value is -1.33. The van der Waals surface area contributed by atoms with Gasteiger partial charge in [-0.3, -0.25) is 4.79 Å². The number of nitrogens with zero attached hydrogens (tertiary/aromatic N) is 1. The summed E-state index contributed by atoms with van der Waals surface area (Å²) < 4.78 is 0.947. The molecule has 0 radical (unpaired) electrons. The molecular formula is C16H20N2OS2. The van der Waals surface area contributed by atoms with Crippen LogP contribution < -0.4 is 5.32 Å². The lowest BCUT2D eigenvalue weighted by atomic mass is 10.1. The number of thioether (sulfide) groups is 1. The van der Waals surface area contributed by atoms with E-state index in [9.17, 15) is 4.79 Å². The molecule has 0 saturated heterocycles. The molecule has 5 heteroatoms. The van der Waals surface area contributed by atoms with E-state index in [4.69, 9.17) is 0 Å². The molecule has 21 heavy (non-hydrogen) atoms. The van der Waals surface area contributed by atoms with Crippen molar-refractivity contribution in [3.63, 3.8) is 0 Å². The Kier molecular flexibility index (Phi) is 5.82. The van der Waals surface area contributed by atoms with E-state index in [-0.39, 0.29) is 11.9 Å². The molecule has 1 aromatic heterocycles. The van der Waals surface area contributed by atoms with Crippen molar-refractivity contribution in [1.29, 1.82) is 0 Å². The van der Waals surface area contributed by atoms with Crippen molar-refractivity contribution in [3.8, 4) is 0 Å². The van der Waals surface area contributed by atoms with Gasteiger partial charge in [-0.1, -0.05) is 43.0 Å². The van der Waals surface area contributed by atoms with E-state index < -0.39 is 0 Å². The molecule has 3 nitrogen and oxygen atoms in total. The van der Waals surface area contributed by atoms with Gasteiger partial charge in [0.2, 0.25) is 5.91 Å². The zero-order valence-corrected chi connectivity index (χ0v) is 14.2. The third-order valence-corrected chi connectivity index (χ3v) is 5.33. The molecule has 0 saturated carbocycles. The number of hydrogen-bond acceptors (Lipinski definition) is 4. The van der Waals surface area contributed by atoms with Gasteiger partial charge in [0, 0.05) is 11.1 Å². The quantitative estimate of drug-likeness (QED) is 0.819. The van der Waals surface area contributed by atoms with Crippen molar-refractivity contribution in [1.82, 2.24) is 10.3 Å². The maximum Gasteiger partial charge on any atom is 0.230 e. The molecule has 0 fully saturated rings. The highest BCUT2D eigenvalue weighted by molar-refractivity contribution is 8.01. The third kappa shape index (κ3) is 4.86. The zero-order valence-electron chi connectivity index (χ0n) is 12.6. The first-order valence-corrected chi connectivity index (χ1v) is 8.88. The number of amides is 1. The van der Waals surface area contributed by atoms with Gasteiger partial charge in [-0.25, -0.2) is 4.98 Å². The van der Waals surface area contributed by atoms with E-state index in [0.717, 1.165) is 22.0 Å². The van der Waals surface area contributed by atoms with Crippen molar-refractivity contribution < 1.29 is 4.79 Å². The average Bonchev–Trinajstić information content (AvgIpc) is 2.91. The fourth-order valence-corrected chi connectivity index (χ4v) is 3.59. The van der Waals surface area contributed by atoms with Crippen LogP contribution in [-0.4, -0.2) is 16.6 Å². The Bertz CT molecular complexity index is 593. The summed E-state index contributed by atoms with van der Waals surface area (Å²) in [7, 11) is 0. The minimum Gasteiger partial charge on any atom is -0.349 e. The monoisotopic (exact) mass is 320 g/mol. The summed E-state index contributed by atoms with van der Waals surface area (Å²) in [5, 5.41) is 5.03. The SMILES string of the molecule is CCc1ccc([C@H](C)NC(=O)CSc2nc(C)cs2)cc1. The molecule has 1 aromatic carbocycles. The molecule has 1 heterocycles. The number of nitrogens with one attached hydrogen (secondary N) is 1. The number of rotatable bonds is 6. The van der Waals surface area contributed by atoms with Crippen molar-refractivity contribution in [2.24, 2.45) is 0 Å². The van der Waals surface area contributed by atoms with Crippen LogP contribution in [0.1, 0.15) is 36.7 Å². The van der Waals surface area contributed by atoms with Crippen LogP contribution in [0.3, 0.4) is 0 Å². The van der Waals surface area contributed by atoms with E-state index in [0.29, 0.717) is 5.75 Å². The summed E-state index contributed by atoms with van der Waals surface area (Å²) in [4.78, 5) is 16.3. The first-order valence-electron chi connectivity index (χ1n) is 7.01. The minimum atomic E-state index is 0.0297. The number of carbonyl (C=O) groups is 1. The molecule has 2 aromatic rings. The second-order valence-corrected chi connectivity index (χ2v) is 7.01. The van der Waals surface area contributed by atoms with E-state index in [1.165, 1.54) is 17.3 Å². The molecule has 0 bridgehead atoms. The van der Waals surface area contributed by atoms with Crippen LogP contribution in [0.15, 0.2) is 34.0 Å². The van der Waals surface area contributed by atoms with Gasteiger partial charge < -0.3 is 5.32 Å². The molecule has 0 aliphatic carbocycles. The largest absolute Gasteiger partial charge is 0.349 e. The van der Waals surface area contributed by atoms with Crippen LogP contribution >= 0.6 is 23.1 Å². The Balaban J connectivity index is 1.83. The van der Waals surface area contributed by atoms with Gasteiger partial charge in [0.15, 0.2) is 4.34 Å². The van der Waals surface area contributed by atoms with Crippen LogP contribution in [-0.2, 0) is 11.2 Å². The summed E-state index contributed by atoms with van der Waals surface area (Å²) in [5.41, 5.74) is 3.45. The zero-order chi connectivity index (χ0) is 15.2. The predicted molar refractivity (Wildman–Crippen MR) is 90.0 cm³/mol. The molecule has 112 valence electrons. The Morgan fingerprint density at radius 2 is 2.10 bits per heavy atom. The fraction of sp³-hybridized carbons (Fsp3) is 0.375. The molecule has 1 atom stereocenters. The van der Waals surface area contributed by atoms with Gasteiger partial charge in [0.25, 0.3) is 0 Å². The number of carbonyl (C=O) groups excluding carboxylic acids is 1. The van der Waals surface area contributed by atoms with E-state index in [2.05, 4.69) is 41.5 Å². The van der Waals surface area contributed by atoms with Gasteiger partial charge in [-0.2, -0.15) is 0 Å². The topological polar surface area (TPSA) is 42.0 Å². The van der Waals surface area contributed by atoms with Gasteiger partial charge >= 0.3 is 0 Å². The highest BCUT2D eigenvalue weighted by atomic mass is 32.2. The molecule has 1 N–H and O–H groups in total. The predicted octanol–water partition coefficient (Wildman–Crippen LogP) is 3.98. The maximum atomic E-state index is 12.0. The maximum absolute atomic E-state index is 12.0. The molecule has 0 aliphatic heterocycles. The number of thiazole rings is 1. The van der Waals surface area contributed by atoms with Crippen molar-refractivity contribution in [2.75, 3.05) is 5.75 Å². The van der Waals surface area contributed by atoms with Crippen molar-refractivity contribution in [3.05, 3.63) is 46.5 Å². The number of hydrogen-bond donors (Lipinski definition) is 1. The Labute approximate surface area is 134 Å². The summed E-state index contributed by atoms with van der Waals surface area (Å²) >= 11 is 3.07. The normalized spacial score (nSPS) is 12.1. The van der Waals surface area contributed by atoms with Crippen LogP contribution in [0, 0.1) is 6.92 Å². The fourth-order valence-electron chi connectivity index (χ4n) is 1.93. The molecule has 0 spiro atoms. The summed E-state index contributed by atoms with van der Waals surface area (Å²) in [6.07, 6.45) is 1.03. The van der Waals surface area contributed by atoms with Crippen LogP contribution in [0.25, 0.3) is 0 Å². The van der Waals surface area contributed by atoms with Gasteiger partial charge in [0.1, 0.15) is 0 Å². The third-order valence-electron chi connectivity index (χ3n) is 3.19. The molecule has 2 rings (SSSR count). The lowest BCUT2D eigenvalue weighted by molar-refractivity contribution is -0.119. The first kappa shape index (κ1) is 16.0.